The first-order valence-electron chi connectivity index (χ1n) is 12.4. The van der Waals surface area contributed by atoms with Crippen molar-refractivity contribution in [3.63, 3.8) is 0 Å². The van der Waals surface area contributed by atoms with Gasteiger partial charge in [0.2, 0.25) is 5.91 Å². The fourth-order valence-electron chi connectivity index (χ4n) is 5.09. The van der Waals surface area contributed by atoms with E-state index in [1.54, 1.807) is 4.31 Å². The molecule has 2 bridgehead atoms. The Morgan fingerprint density at radius 1 is 0.879 bits per heavy atom. The number of rotatable bonds is 2. The summed E-state index contributed by atoms with van der Waals surface area (Å²) in [7, 11) is -1.59. The van der Waals surface area contributed by atoms with Gasteiger partial charge in [0.25, 0.3) is 10.2 Å². The SMILES string of the molecule is CN1CCN(S(=O)(=O)N2CCCC(=O)N3CCCCC3CCc3cccc(c3)OCC2)CC1. The Bertz CT molecular complexity index is 901. The van der Waals surface area contributed by atoms with Crippen LogP contribution in [0.4, 0.5) is 0 Å². The molecule has 1 aromatic carbocycles. The third-order valence-electron chi connectivity index (χ3n) is 7.13. The summed E-state index contributed by atoms with van der Waals surface area (Å²) in [5.74, 6) is 0.937. The largest absolute Gasteiger partial charge is 0.492 e. The number of aryl methyl sites for hydroxylation is 1. The number of likely N-dealkylation sites (N-methyl/N-ethyl adjacent to an activating group) is 1. The van der Waals surface area contributed by atoms with Crippen LogP contribution in [-0.4, -0.2) is 98.2 Å². The molecule has 33 heavy (non-hydrogen) atoms. The van der Waals surface area contributed by atoms with Gasteiger partial charge < -0.3 is 14.5 Å². The number of hydrogen-bond acceptors (Lipinski definition) is 5. The number of nitrogens with zero attached hydrogens (tertiary/aromatic N) is 4. The zero-order chi connectivity index (χ0) is 23.3. The van der Waals surface area contributed by atoms with Crippen LogP contribution in [0.15, 0.2) is 24.3 Å². The van der Waals surface area contributed by atoms with E-state index in [4.69, 9.17) is 4.74 Å². The third kappa shape index (κ3) is 6.26. The lowest BCUT2D eigenvalue weighted by Crippen LogP contribution is -2.53. The van der Waals surface area contributed by atoms with Crippen LogP contribution in [0.2, 0.25) is 0 Å². The number of hydrogen-bond donors (Lipinski definition) is 0. The number of carbonyl (C=O) groups excluding carboxylic acids is 1. The lowest BCUT2D eigenvalue weighted by Gasteiger charge is -2.36. The van der Waals surface area contributed by atoms with Crippen LogP contribution in [0, 0.1) is 0 Å². The van der Waals surface area contributed by atoms with Crippen molar-refractivity contribution < 1.29 is 17.9 Å². The van der Waals surface area contributed by atoms with Crippen molar-refractivity contribution in [1.82, 2.24) is 18.4 Å². The summed E-state index contributed by atoms with van der Waals surface area (Å²) in [6.45, 7) is 4.16. The lowest BCUT2D eigenvalue weighted by atomic mass is 9.95. The molecule has 0 aromatic heterocycles. The molecule has 2 saturated heterocycles. The molecule has 0 aliphatic carbocycles. The van der Waals surface area contributed by atoms with Gasteiger partial charge in [0.05, 0.1) is 0 Å². The van der Waals surface area contributed by atoms with E-state index in [0.29, 0.717) is 39.1 Å². The van der Waals surface area contributed by atoms with Crippen LogP contribution in [0.3, 0.4) is 0 Å². The standard InChI is InChI=1S/C24H38N4O4S/c1-25-14-16-27(17-15-25)33(30,31)26-12-5-9-24(29)28-13-3-2-7-22(28)11-10-21-6-4-8-23(20-21)32-19-18-26/h4,6,8,20,22H,2-3,5,7,9-19H2,1H3. The Labute approximate surface area is 198 Å². The van der Waals surface area contributed by atoms with Crippen molar-refractivity contribution >= 4 is 16.1 Å². The molecule has 9 heteroatoms. The van der Waals surface area contributed by atoms with Crippen molar-refractivity contribution in [1.29, 1.82) is 0 Å². The summed E-state index contributed by atoms with van der Waals surface area (Å²) in [5.41, 5.74) is 1.20. The topological polar surface area (TPSA) is 73.4 Å². The monoisotopic (exact) mass is 478 g/mol. The Kier molecular flexibility index (Phi) is 8.27. The summed E-state index contributed by atoms with van der Waals surface area (Å²) in [6, 6.07) is 8.34. The van der Waals surface area contributed by atoms with Crippen LogP contribution >= 0.6 is 0 Å². The van der Waals surface area contributed by atoms with Crippen LogP contribution < -0.4 is 4.74 Å². The average molecular weight is 479 g/mol. The maximum Gasteiger partial charge on any atom is 0.282 e. The molecule has 0 N–H and O–H groups in total. The van der Waals surface area contributed by atoms with Crippen LogP contribution in [0.1, 0.15) is 44.1 Å². The molecule has 2 fully saturated rings. The van der Waals surface area contributed by atoms with Gasteiger partial charge in [0.15, 0.2) is 0 Å². The molecule has 1 amide bonds. The van der Waals surface area contributed by atoms with E-state index in [-0.39, 0.29) is 18.5 Å². The fourth-order valence-corrected chi connectivity index (χ4v) is 6.71. The average Bonchev–Trinajstić information content (AvgIpc) is 2.82. The molecule has 1 atom stereocenters. The summed E-state index contributed by atoms with van der Waals surface area (Å²) < 4.78 is 35.9. The second-order valence-corrected chi connectivity index (χ2v) is 11.4. The fraction of sp³-hybridized carbons (Fsp3) is 0.708. The molecule has 1 aromatic rings. The normalized spacial score (nSPS) is 25.5. The molecule has 1 unspecified atom stereocenters. The zero-order valence-electron chi connectivity index (χ0n) is 19.8. The molecule has 3 aliphatic rings. The smallest absolute Gasteiger partial charge is 0.282 e. The van der Waals surface area contributed by atoms with E-state index in [2.05, 4.69) is 15.9 Å². The highest BCUT2D eigenvalue weighted by atomic mass is 32.2. The van der Waals surface area contributed by atoms with Crippen LogP contribution in [0.25, 0.3) is 0 Å². The molecule has 3 aliphatic heterocycles. The minimum Gasteiger partial charge on any atom is -0.492 e. The summed E-state index contributed by atoms with van der Waals surface area (Å²) in [4.78, 5) is 17.3. The second kappa shape index (κ2) is 11.2. The maximum atomic E-state index is 13.4. The molecule has 3 heterocycles. The van der Waals surface area contributed by atoms with Crippen molar-refractivity contribution in [2.45, 2.75) is 51.0 Å². The van der Waals surface area contributed by atoms with Crippen LogP contribution in [-0.2, 0) is 21.4 Å². The van der Waals surface area contributed by atoms with Gasteiger partial charge in [0.1, 0.15) is 12.4 Å². The maximum absolute atomic E-state index is 13.4. The van der Waals surface area contributed by atoms with Gasteiger partial charge >= 0.3 is 0 Å². The Hall–Kier alpha value is -1.68. The van der Waals surface area contributed by atoms with Crippen molar-refractivity contribution in [2.24, 2.45) is 0 Å². The molecule has 0 spiro atoms. The Morgan fingerprint density at radius 3 is 2.48 bits per heavy atom. The second-order valence-electron chi connectivity index (χ2n) is 9.48. The van der Waals surface area contributed by atoms with Crippen molar-refractivity contribution in [3.8, 4) is 5.75 Å². The molecule has 0 radical (unpaired) electrons. The Balaban J connectivity index is 1.51. The van der Waals surface area contributed by atoms with E-state index in [1.807, 2.05) is 25.2 Å². The quantitative estimate of drug-likeness (QED) is 0.650. The lowest BCUT2D eigenvalue weighted by molar-refractivity contribution is -0.135. The van der Waals surface area contributed by atoms with Gasteiger partial charge in [-0.2, -0.15) is 17.0 Å². The van der Waals surface area contributed by atoms with Gasteiger partial charge in [0, 0.05) is 58.3 Å². The number of ether oxygens (including phenoxy) is 1. The van der Waals surface area contributed by atoms with Gasteiger partial charge in [-0.1, -0.05) is 12.1 Å². The molecule has 4 rings (SSSR count). The minimum atomic E-state index is -3.60. The third-order valence-corrected chi connectivity index (χ3v) is 9.17. The number of carbonyl (C=O) groups is 1. The number of piperidine rings is 1. The summed E-state index contributed by atoms with van der Waals surface area (Å²) in [5, 5.41) is 0. The van der Waals surface area contributed by atoms with Crippen LogP contribution in [0.5, 0.6) is 5.75 Å². The molecular formula is C24H38N4O4S. The number of amides is 1. The zero-order valence-corrected chi connectivity index (χ0v) is 20.6. The summed E-state index contributed by atoms with van der Waals surface area (Å²) >= 11 is 0. The first kappa shape index (κ1) is 24.4. The number of benzene rings is 1. The minimum absolute atomic E-state index is 0.163. The predicted molar refractivity (Wildman–Crippen MR) is 128 cm³/mol. The first-order chi connectivity index (χ1) is 15.9. The van der Waals surface area contributed by atoms with Gasteiger partial charge in [-0.3, -0.25) is 4.79 Å². The molecule has 184 valence electrons. The number of piperazine rings is 1. The van der Waals surface area contributed by atoms with Crippen molar-refractivity contribution in [2.75, 3.05) is 59.5 Å². The van der Waals surface area contributed by atoms with Crippen molar-refractivity contribution in [3.05, 3.63) is 29.8 Å². The van der Waals surface area contributed by atoms with Gasteiger partial charge in [-0.05, 0) is 63.3 Å². The van der Waals surface area contributed by atoms with E-state index >= 15 is 0 Å². The van der Waals surface area contributed by atoms with E-state index in [1.165, 1.54) is 9.87 Å². The highest BCUT2D eigenvalue weighted by Crippen LogP contribution is 2.24. The van der Waals surface area contributed by atoms with E-state index < -0.39 is 10.2 Å². The highest BCUT2D eigenvalue weighted by molar-refractivity contribution is 7.86. The summed E-state index contributed by atoms with van der Waals surface area (Å²) in [6.07, 6.45) is 6.05. The molecule has 0 saturated carbocycles. The molecule has 8 nitrogen and oxygen atoms in total. The highest BCUT2D eigenvalue weighted by Gasteiger charge is 2.32. The number of fused-ring (bicyclic) bond motifs is 3. The Morgan fingerprint density at radius 2 is 1.67 bits per heavy atom. The first-order valence-corrected chi connectivity index (χ1v) is 13.8. The van der Waals surface area contributed by atoms with Gasteiger partial charge in [-0.15, -0.1) is 0 Å². The van der Waals surface area contributed by atoms with Gasteiger partial charge in [-0.25, -0.2) is 0 Å². The van der Waals surface area contributed by atoms with E-state index in [9.17, 15) is 13.2 Å². The molecular weight excluding hydrogens is 440 g/mol. The predicted octanol–water partition coefficient (Wildman–Crippen LogP) is 1.97. The van der Waals surface area contributed by atoms with E-state index in [0.717, 1.165) is 57.5 Å².